The summed E-state index contributed by atoms with van der Waals surface area (Å²) in [5.41, 5.74) is -0.814. The number of hydrogen-bond donors (Lipinski definition) is 2. The van der Waals surface area contributed by atoms with Crippen molar-refractivity contribution in [3.63, 3.8) is 0 Å². The van der Waals surface area contributed by atoms with E-state index in [1.54, 1.807) is 18.2 Å². The van der Waals surface area contributed by atoms with Gasteiger partial charge in [0.1, 0.15) is 5.82 Å². The van der Waals surface area contributed by atoms with E-state index in [4.69, 9.17) is 0 Å². The number of hydrogen-bond acceptors (Lipinski definition) is 3. The molecule has 0 aliphatic rings. The van der Waals surface area contributed by atoms with Crippen molar-refractivity contribution in [3.05, 3.63) is 59.8 Å². The molecule has 0 aliphatic heterocycles. The van der Waals surface area contributed by atoms with Crippen LogP contribution in [0.2, 0.25) is 0 Å². The number of carbonyl (C=O) groups excluding carboxylic acids is 2. The molecular weight excluding hydrogens is 311 g/mol. The third-order valence-corrected chi connectivity index (χ3v) is 2.82. The number of nitrogens with zero attached hydrogens (tertiary/aromatic N) is 1. The van der Waals surface area contributed by atoms with Gasteiger partial charge < -0.3 is 10.6 Å². The SMILES string of the molecule is O=C(CNC(=O)c1ccc(C(F)(F)F)cc1)Nc1ccccn1. The molecule has 0 atom stereocenters. The third-order valence-electron chi connectivity index (χ3n) is 2.82. The van der Waals surface area contributed by atoms with E-state index in [9.17, 15) is 22.8 Å². The molecule has 2 N–H and O–H groups in total. The lowest BCUT2D eigenvalue weighted by molar-refractivity contribution is -0.137. The largest absolute Gasteiger partial charge is 0.416 e. The van der Waals surface area contributed by atoms with Gasteiger partial charge >= 0.3 is 6.18 Å². The van der Waals surface area contributed by atoms with Gasteiger partial charge in [-0.15, -0.1) is 0 Å². The van der Waals surface area contributed by atoms with Crippen molar-refractivity contribution in [2.45, 2.75) is 6.18 Å². The van der Waals surface area contributed by atoms with E-state index in [-0.39, 0.29) is 12.1 Å². The molecule has 0 fully saturated rings. The first-order valence-electron chi connectivity index (χ1n) is 6.52. The molecule has 8 heteroatoms. The van der Waals surface area contributed by atoms with Crippen molar-refractivity contribution in [1.29, 1.82) is 0 Å². The number of aromatic nitrogens is 1. The molecule has 2 amide bonds. The van der Waals surface area contributed by atoms with Crippen LogP contribution in [0.4, 0.5) is 19.0 Å². The van der Waals surface area contributed by atoms with Crippen molar-refractivity contribution in [1.82, 2.24) is 10.3 Å². The number of alkyl halides is 3. The van der Waals surface area contributed by atoms with Crippen molar-refractivity contribution < 1.29 is 22.8 Å². The second kappa shape index (κ2) is 6.91. The standard InChI is InChI=1S/C15H12F3N3O2/c16-15(17,18)11-6-4-10(5-7-11)14(23)20-9-13(22)21-12-3-1-2-8-19-12/h1-8H,9H2,(H,20,23)(H,19,21,22). The molecular formula is C15H12F3N3O2. The minimum Gasteiger partial charge on any atom is -0.343 e. The summed E-state index contributed by atoms with van der Waals surface area (Å²) in [6.07, 6.45) is -2.96. The first kappa shape index (κ1) is 16.5. The van der Waals surface area contributed by atoms with Gasteiger partial charge in [0.25, 0.3) is 5.91 Å². The smallest absolute Gasteiger partial charge is 0.343 e. The minimum absolute atomic E-state index is 0.0311. The number of pyridine rings is 1. The predicted molar refractivity (Wildman–Crippen MR) is 76.6 cm³/mol. The van der Waals surface area contributed by atoms with E-state index in [1.807, 2.05) is 0 Å². The second-order valence-electron chi connectivity index (χ2n) is 4.52. The van der Waals surface area contributed by atoms with Crippen LogP contribution in [0.5, 0.6) is 0 Å². The fourth-order valence-electron chi connectivity index (χ4n) is 1.70. The highest BCUT2D eigenvalue weighted by atomic mass is 19.4. The van der Waals surface area contributed by atoms with Crippen LogP contribution in [0.3, 0.4) is 0 Å². The second-order valence-corrected chi connectivity index (χ2v) is 4.52. The maximum Gasteiger partial charge on any atom is 0.416 e. The Hall–Kier alpha value is -2.90. The molecule has 0 bridgehead atoms. The van der Waals surface area contributed by atoms with Crippen LogP contribution in [0.15, 0.2) is 48.7 Å². The number of rotatable bonds is 4. The molecule has 2 aromatic rings. The van der Waals surface area contributed by atoms with Gasteiger partial charge in [0, 0.05) is 11.8 Å². The number of carbonyl (C=O) groups is 2. The Morgan fingerprint density at radius 3 is 2.30 bits per heavy atom. The quantitative estimate of drug-likeness (QED) is 0.908. The van der Waals surface area contributed by atoms with Gasteiger partial charge in [0.2, 0.25) is 5.91 Å². The molecule has 0 aliphatic carbocycles. The minimum atomic E-state index is -4.46. The highest BCUT2D eigenvalue weighted by molar-refractivity contribution is 5.99. The maximum absolute atomic E-state index is 12.4. The van der Waals surface area contributed by atoms with Gasteiger partial charge in [-0.1, -0.05) is 6.07 Å². The van der Waals surface area contributed by atoms with Crippen LogP contribution >= 0.6 is 0 Å². The van der Waals surface area contributed by atoms with E-state index in [0.29, 0.717) is 5.82 Å². The molecule has 120 valence electrons. The predicted octanol–water partition coefficient (Wildman–Crippen LogP) is 2.47. The van der Waals surface area contributed by atoms with Gasteiger partial charge in [0.05, 0.1) is 12.1 Å². The normalized spacial score (nSPS) is 10.9. The first-order chi connectivity index (χ1) is 10.9. The Labute approximate surface area is 129 Å². The molecule has 1 aromatic heterocycles. The van der Waals surface area contributed by atoms with Crippen LogP contribution in [0.25, 0.3) is 0 Å². The average molecular weight is 323 g/mol. The van der Waals surface area contributed by atoms with Gasteiger partial charge in [-0.3, -0.25) is 9.59 Å². The lowest BCUT2D eigenvalue weighted by Gasteiger charge is -2.08. The third kappa shape index (κ3) is 4.80. The van der Waals surface area contributed by atoms with Crippen LogP contribution in [0.1, 0.15) is 15.9 Å². The zero-order valence-electron chi connectivity index (χ0n) is 11.7. The Kier molecular flexibility index (Phi) is 4.95. The molecule has 0 saturated carbocycles. The summed E-state index contributed by atoms with van der Waals surface area (Å²) in [6.45, 7) is -0.323. The van der Waals surface area contributed by atoms with E-state index in [1.165, 1.54) is 6.20 Å². The highest BCUT2D eigenvalue weighted by Crippen LogP contribution is 2.28. The lowest BCUT2D eigenvalue weighted by atomic mass is 10.1. The summed E-state index contributed by atoms with van der Waals surface area (Å²) in [5, 5.41) is 4.78. The topological polar surface area (TPSA) is 71.1 Å². The molecule has 23 heavy (non-hydrogen) atoms. The number of benzene rings is 1. The Morgan fingerprint density at radius 2 is 1.74 bits per heavy atom. The monoisotopic (exact) mass is 323 g/mol. The summed E-state index contributed by atoms with van der Waals surface area (Å²) in [4.78, 5) is 27.3. The van der Waals surface area contributed by atoms with Gasteiger partial charge in [-0.05, 0) is 36.4 Å². The van der Waals surface area contributed by atoms with Gasteiger partial charge in [0.15, 0.2) is 0 Å². The Bertz CT molecular complexity index is 685. The zero-order chi connectivity index (χ0) is 16.9. The summed E-state index contributed by atoms with van der Waals surface area (Å²) in [5.74, 6) is -0.805. The molecule has 0 saturated heterocycles. The number of anilines is 1. The number of amides is 2. The van der Waals surface area contributed by atoms with Crippen molar-refractivity contribution >= 4 is 17.6 Å². The maximum atomic E-state index is 12.4. The van der Waals surface area contributed by atoms with E-state index >= 15 is 0 Å². The van der Waals surface area contributed by atoms with E-state index in [2.05, 4.69) is 15.6 Å². The molecule has 1 heterocycles. The van der Waals surface area contributed by atoms with Crippen molar-refractivity contribution in [2.75, 3.05) is 11.9 Å². The summed E-state index contributed by atoms with van der Waals surface area (Å²) < 4.78 is 37.3. The van der Waals surface area contributed by atoms with E-state index < -0.39 is 23.6 Å². The molecule has 0 unspecified atom stereocenters. The fraction of sp³-hybridized carbons (Fsp3) is 0.133. The molecule has 5 nitrogen and oxygen atoms in total. The molecule has 1 aromatic carbocycles. The Morgan fingerprint density at radius 1 is 1.04 bits per heavy atom. The first-order valence-corrected chi connectivity index (χ1v) is 6.52. The van der Waals surface area contributed by atoms with Crippen molar-refractivity contribution in [3.8, 4) is 0 Å². The average Bonchev–Trinajstić information content (AvgIpc) is 2.53. The lowest BCUT2D eigenvalue weighted by Crippen LogP contribution is -2.33. The fourth-order valence-corrected chi connectivity index (χ4v) is 1.70. The number of nitrogens with one attached hydrogen (secondary N) is 2. The zero-order valence-corrected chi connectivity index (χ0v) is 11.7. The van der Waals surface area contributed by atoms with Crippen LogP contribution in [0, 0.1) is 0 Å². The summed E-state index contributed by atoms with van der Waals surface area (Å²) in [7, 11) is 0. The summed E-state index contributed by atoms with van der Waals surface area (Å²) in [6, 6.07) is 8.66. The molecule has 2 rings (SSSR count). The molecule has 0 radical (unpaired) electrons. The number of halogens is 3. The van der Waals surface area contributed by atoms with Gasteiger partial charge in [-0.2, -0.15) is 13.2 Å². The van der Waals surface area contributed by atoms with Crippen molar-refractivity contribution in [2.24, 2.45) is 0 Å². The van der Waals surface area contributed by atoms with Crippen LogP contribution in [-0.4, -0.2) is 23.3 Å². The Balaban J connectivity index is 1.88. The highest BCUT2D eigenvalue weighted by Gasteiger charge is 2.30. The van der Waals surface area contributed by atoms with Crippen LogP contribution in [-0.2, 0) is 11.0 Å². The van der Waals surface area contributed by atoms with E-state index in [0.717, 1.165) is 24.3 Å². The summed E-state index contributed by atoms with van der Waals surface area (Å²) >= 11 is 0. The molecule has 0 spiro atoms. The van der Waals surface area contributed by atoms with Crippen LogP contribution < -0.4 is 10.6 Å². The van der Waals surface area contributed by atoms with Gasteiger partial charge in [-0.25, -0.2) is 4.98 Å².